The van der Waals surface area contributed by atoms with E-state index >= 15 is 0 Å². The van der Waals surface area contributed by atoms with Gasteiger partial charge in [-0.05, 0) is 44.0 Å². The number of halogens is 1. The van der Waals surface area contributed by atoms with Crippen LogP contribution < -0.4 is 5.32 Å². The second-order valence-corrected chi connectivity index (χ2v) is 8.58. The van der Waals surface area contributed by atoms with E-state index < -0.39 is 9.84 Å². The van der Waals surface area contributed by atoms with E-state index in [1.807, 2.05) is 19.1 Å². The van der Waals surface area contributed by atoms with E-state index in [9.17, 15) is 8.42 Å². The number of benzene rings is 1. The van der Waals surface area contributed by atoms with Crippen molar-refractivity contribution >= 4 is 31.5 Å². The van der Waals surface area contributed by atoms with Crippen molar-refractivity contribution in [1.82, 2.24) is 0 Å². The van der Waals surface area contributed by atoms with Gasteiger partial charge in [-0.25, -0.2) is 8.42 Å². The summed E-state index contributed by atoms with van der Waals surface area (Å²) < 4.78 is 23.8. The lowest BCUT2D eigenvalue weighted by Gasteiger charge is -2.16. The van der Waals surface area contributed by atoms with Crippen LogP contribution >= 0.6 is 15.9 Å². The van der Waals surface area contributed by atoms with Crippen LogP contribution in [0.25, 0.3) is 0 Å². The van der Waals surface area contributed by atoms with E-state index in [4.69, 9.17) is 0 Å². The molecule has 2 atom stereocenters. The van der Waals surface area contributed by atoms with Crippen molar-refractivity contribution in [1.29, 1.82) is 0 Å². The normalized spacial score (nSPS) is 14.9. The summed E-state index contributed by atoms with van der Waals surface area (Å²) in [5.41, 5.74) is 0.955. The smallest absolute Gasteiger partial charge is 0.178 e. The summed E-state index contributed by atoms with van der Waals surface area (Å²) in [5, 5.41) is 3.36. The fourth-order valence-corrected chi connectivity index (χ4v) is 3.86. The Hall–Kier alpha value is -0.550. The fourth-order valence-electron chi connectivity index (χ4n) is 1.98. The number of hydrogen-bond donors (Lipinski definition) is 1. The summed E-state index contributed by atoms with van der Waals surface area (Å²) in [4.78, 5) is 0.862. The molecule has 0 aromatic heterocycles. The maximum Gasteiger partial charge on any atom is 0.178 e. The predicted octanol–water partition coefficient (Wildman–Crippen LogP) is 3.84. The van der Waals surface area contributed by atoms with Crippen molar-refractivity contribution in [2.24, 2.45) is 0 Å². The molecule has 2 unspecified atom stereocenters. The molecular weight excluding hydrogens is 326 g/mol. The second-order valence-electron chi connectivity index (χ2n) is 4.91. The molecule has 0 bridgehead atoms. The third kappa shape index (κ3) is 5.53. The first-order valence-corrected chi connectivity index (χ1v) is 9.15. The van der Waals surface area contributed by atoms with Crippen LogP contribution in [-0.4, -0.2) is 25.0 Å². The first kappa shape index (κ1) is 16.5. The molecule has 0 aliphatic rings. The molecule has 1 N–H and O–H groups in total. The van der Waals surface area contributed by atoms with E-state index in [2.05, 4.69) is 35.1 Å². The van der Waals surface area contributed by atoms with Gasteiger partial charge in [0, 0.05) is 16.6 Å². The number of hydrogen-bond acceptors (Lipinski definition) is 3. The first-order valence-electron chi connectivity index (χ1n) is 6.58. The minimum atomic E-state index is -3.11. The summed E-state index contributed by atoms with van der Waals surface area (Å²) in [6.45, 7) is 6.09. The highest BCUT2D eigenvalue weighted by atomic mass is 79.9. The molecule has 0 radical (unpaired) electrons. The average Bonchev–Trinajstić information content (AvgIpc) is 2.28. The van der Waals surface area contributed by atoms with Crippen molar-refractivity contribution in [2.45, 2.75) is 49.4 Å². The molecule has 0 saturated carbocycles. The van der Waals surface area contributed by atoms with E-state index in [-0.39, 0.29) is 5.75 Å². The molecule has 0 aliphatic heterocycles. The van der Waals surface area contributed by atoms with Crippen molar-refractivity contribution < 1.29 is 8.42 Å². The number of nitrogens with one attached hydrogen (secondary N) is 1. The largest absolute Gasteiger partial charge is 0.383 e. The molecule has 1 aromatic carbocycles. The zero-order chi connectivity index (χ0) is 14.5. The lowest BCUT2D eigenvalue weighted by Crippen LogP contribution is -2.18. The Morgan fingerprint density at radius 1 is 1.21 bits per heavy atom. The molecule has 3 nitrogen and oxygen atoms in total. The van der Waals surface area contributed by atoms with Gasteiger partial charge >= 0.3 is 0 Å². The number of sulfone groups is 1. The van der Waals surface area contributed by atoms with Crippen LogP contribution in [0.5, 0.6) is 0 Å². The lowest BCUT2D eigenvalue weighted by molar-refractivity contribution is 0.595. The van der Waals surface area contributed by atoms with E-state index in [1.54, 1.807) is 12.1 Å². The Morgan fingerprint density at radius 2 is 1.79 bits per heavy atom. The molecule has 0 saturated heterocycles. The maximum atomic E-state index is 11.9. The summed E-state index contributed by atoms with van der Waals surface area (Å²) in [5.74, 6) is 0.206. The Labute approximate surface area is 124 Å². The van der Waals surface area contributed by atoms with Crippen molar-refractivity contribution in [3.8, 4) is 0 Å². The first-order chi connectivity index (χ1) is 8.85. The summed E-state index contributed by atoms with van der Waals surface area (Å²) in [6.07, 6.45) is 1.65. The van der Waals surface area contributed by atoms with Gasteiger partial charge in [0.2, 0.25) is 0 Å². The molecule has 1 aromatic rings. The van der Waals surface area contributed by atoms with Crippen LogP contribution in [0.15, 0.2) is 29.2 Å². The zero-order valence-electron chi connectivity index (χ0n) is 11.7. The van der Waals surface area contributed by atoms with E-state index in [0.29, 0.717) is 22.2 Å². The van der Waals surface area contributed by atoms with Crippen LogP contribution in [0.3, 0.4) is 0 Å². The SMILES string of the molecule is CCCS(=O)(=O)c1ccc(NC(C)CC(C)Br)cc1. The second kappa shape index (κ2) is 7.29. The van der Waals surface area contributed by atoms with Gasteiger partial charge in [0.05, 0.1) is 10.6 Å². The Kier molecular flexibility index (Phi) is 6.33. The van der Waals surface area contributed by atoms with Crippen LogP contribution in [0.2, 0.25) is 0 Å². The topological polar surface area (TPSA) is 46.2 Å². The zero-order valence-corrected chi connectivity index (χ0v) is 14.1. The Balaban J connectivity index is 2.72. The van der Waals surface area contributed by atoms with Crippen molar-refractivity contribution in [3.63, 3.8) is 0 Å². The molecule has 0 aliphatic carbocycles. The van der Waals surface area contributed by atoms with Crippen molar-refractivity contribution in [3.05, 3.63) is 24.3 Å². The minimum absolute atomic E-state index is 0.206. The van der Waals surface area contributed by atoms with Gasteiger partial charge in [0.25, 0.3) is 0 Å². The molecule has 1 rings (SSSR count). The predicted molar refractivity (Wildman–Crippen MR) is 84.9 cm³/mol. The Morgan fingerprint density at radius 3 is 2.26 bits per heavy atom. The monoisotopic (exact) mass is 347 g/mol. The summed E-state index contributed by atoms with van der Waals surface area (Å²) in [7, 11) is -3.11. The van der Waals surface area contributed by atoms with Gasteiger partial charge in [0.1, 0.15) is 0 Å². The molecule has 0 amide bonds. The van der Waals surface area contributed by atoms with Gasteiger partial charge in [0.15, 0.2) is 9.84 Å². The van der Waals surface area contributed by atoms with Gasteiger partial charge in [-0.15, -0.1) is 0 Å². The molecular formula is C14H22BrNO2S. The maximum absolute atomic E-state index is 11.9. The quantitative estimate of drug-likeness (QED) is 0.762. The third-order valence-corrected chi connectivity index (χ3v) is 5.09. The number of anilines is 1. The van der Waals surface area contributed by atoms with Crippen molar-refractivity contribution in [2.75, 3.05) is 11.1 Å². The summed E-state index contributed by atoms with van der Waals surface area (Å²) >= 11 is 3.52. The number of alkyl halides is 1. The van der Waals surface area contributed by atoms with E-state index in [1.165, 1.54) is 0 Å². The summed E-state index contributed by atoms with van der Waals surface area (Å²) in [6, 6.07) is 7.36. The van der Waals surface area contributed by atoms with Gasteiger partial charge in [-0.2, -0.15) is 0 Å². The van der Waals surface area contributed by atoms with Crippen LogP contribution in [0, 0.1) is 0 Å². The standard InChI is InChI=1S/C14H22BrNO2S/c1-4-9-19(17,18)14-7-5-13(6-8-14)16-12(3)10-11(2)15/h5-8,11-12,16H,4,9-10H2,1-3H3. The minimum Gasteiger partial charge on any atom is -0.383 e. The molecule has 5 heteroatoms. The van der Waals surface area contributed by atoms with Crippen LogP contribution in [0.1, 0.15) is 33.6 Å². The molecule has 0 heterocycles. The molecule has 0 spiro atoms. The highest BCUT2D eigenvalue weighted by molar-refractivity contribution is 9.09. The Bertz CT molecular complexity index is 483. The molecule has 108 valence electrons. The van der Waals surface area contributed by atoms with Gasteiger partial charge in [-0.1, -0.05) is 29.8 Å². The third-order valence-electron chi connectivity index (χ3n) is 2.78. The lowest BCUT2D eigenvalue weighted by atomic mass is 10.2. The van der Waals surface area contributed by atoms with Crippen LogP contribution in [-0.2, 0) is 9.84 Å². The molecule has 0 fully saturated rings. The average molecular weight is 348 g/mol. The van der Waals surface area contributed by atoms with Crippen LogP contribution in [0.4, 0.5) is 5.69 Å². The highest BCUT2D eigenvalue weighted by Gasteiger charge is 2.13. The fraction of sp³-hybridized carbons (Fsp3) is 0.571. The highest BCUT2D eigenvalue weighted by Crippen LogP contribution is 2.18. The van der Waals surface area contributed by atoms with Gasteiger partial charge in [-0.3, -0.25) is 0 Å². The molecule has 19 heavy (non-hydrogen) atoms. The van der Waals surface area contributed by atoms with E-state index in [0.717, 1.165) is 12.1 Å². The van der Waals surface area contributed by atoms with Gasteiger partial charge < -0.3 is 5.32 Å². The number of rotatable bonds is 7.